The van der Waals surface area contributed by atoms with E-state index in [4.69, 9.17) is 4.52 Å². The van der Waals surface area contributed by atoms with Gasteiger partial charge in [0.05, 0.1) is 5.56 Å². The number of rotatable bonds is 4. The molecule has 1 aromatic carbocycles. The van der Waals surface area contributed by atoms with Crippen molar-refractivity contribution in [2.24, 2.45) is 0 Å². The van der Waals surface area contributed by atoms with Crippen molar-refractivity contribution in [3.63, 3.8) is 0 Å². The predicted octanol–water partition coefficient (Wildman–Crippen LogP) is 2.34. The van der Waals surface area contributed by atoms with Crippen molar-refractivity contribution in [3.05, 3.63) is 51.9 Å². The van der Waals surface area contributed by atoms with E-state index in [1.807, 2.05) is 0 Å². The van der Waals surface area contributed by atoms with Crippen LogP contribution in [0.1, 0.15) is 11.3 Å². The number of aromatic amines is 1. The van der Waals surface area contributed by atoms with Crippen LogP contribution >= 0.6 is 0 Å². The summed E-state index contributed by atoms with van der Waals surface area (Å²) in [4.78, 5) is 19.4. The Bertz CT molecular complexity index is 982. The van der Waals surface area contributed by atoms with Gasteiger partial charge >= 0.3 is 6.61 Å². The number of pyridine rings is 1. The van der Waals surface area contributed by atoms with E-state index in [0.717, 1.165) is 24.2 Å². The van der Waals surface area contributed by atoms with Crippen molar-refractivity contribution < 1.29 is 18.0 Å². The number of nitrogens with one attached hydrogen (secondary N) is 2. The van der Waals surface area contributed by atoms with Crippen LogP contribution in [-0.2, 0) is 13.0 Å². The number of hydrogen-bond donors (Lipinski definition) is 2. The van der Waals surface area contributed by atoms with Gasteiger partial charge in [-0.1, -0.05) is 5.16 Å². The number of halogens is 2. The molecule has 26 heavy (non-hydrogen) atoms. The summed E-state index contributed by atoms with van der Waals surface area (Å²) in [5.74, 6) is 0.378. The standard InChI is InChI=1S/C17H14F2N4O3/c18-17(19)25-11-3-1-9(2-4-11)16-22-14(23-26-16)12-7-10-8-20-6-5-13(10)21-15(12)24/h1-4,7,17,20H,5-6,8H2,(H,21,24). The van der Waals surface area contributed by atoms with Crippen LogP contribution in [0.5, 0.6) is 5.75 Å². The molecule has 0 aliphatic carbocycles. The van der Waals surface area contributed by atoms with Crippen molar-refractivity contribution in [3.8, 4) is 28.6 Å². The monoisotopic (exact) mass is 360 g/mol. The summed E-state index contributed by atoms with van der Waals surface area (Å²) in [6.07, 6.45) is 0.759. The van der Waals surface area contributed by atoms with Gasteiger partial charge in [-0.2, -0.15) is 13.8 Å². The van der Waals surface area contributed by atoms with Crippen LogP contribution in [0, 0.1) is 0 Å². The minimum atomic E-state index is -2.89. The number of H-pyrrole nitrogens is 1. The molecule has 0 amide bonds. The highest BCUT2D eigenvalue weighted by Crippen LogP contribution is 2.24. The summed E-state index contributed by atoms with van der Waals surface area (Å²) < 4.78 is 33.9. The molecule has 3 heterocycles. The summed E-state index contributed by atoms with van der Waals surface area (Å²) in [7, 11) is 0. The molecule has 9 heteroatoms. The molecule has 0 fully saturated rings. The Labute approximate surface area is 146 Å². The highest BCUT2D eigenvalue weighted by molar-refractivity contribution is 5.60. The maximum absolute atomic E-state index is 12.3. The number of hydrogen-bond acceptors (Lipinski definition) is 6. The molecule has 0 unspecified atom stereocenters. The van der Waals surface area contributed by atoms with E-state index in [1.54, 1.807) is 6.07 Å². The number of alkyl halides is 2. The van der Waals surface area contributed by atoms with Crippen LogP contribution in [-0.4, -0.2) is 28.3 Å². The van der Waals surface area contributed by atoms with Crippen molar-refractivity contribution in [1.82, 2.24) is 20.4 Å². The Morgan fingerprint density at radius 2 is 2.04 bits per heavy atom. The zero-order valence-corrected chi connectivity index (χ0v) is 13.5. The van der Waals surface area contributed by atoms with Crippen molar-refractivity contribution in [2.45, 2.75) is 19.6 Å². The van der Waals surface area contributed by atoms with Gasteiger partial charge in [0.1, 0.15) is 5.75 Å². The average molecular weight is 360 g/mol. The van der Waals surface area contributed by atoms with Crippen LogP contribution in [0.25, 0.3) is 22.8 Å². The first kappa shape index (κ1) is 16.4. The Balaban J connectivity index is 1.63. The Morgan fingerprint density at radius 3 is 2.81 bits per heavy atom. The van der Waals surface area contributed by atoms with Crippen molar-refractivity contribution >= 4 is 0 Å². The SMILES string of the molecule is O=c1[nH]c2c(cc1-c1noc(-c3ccc(OC(F)F)cc3)n1)CNCC2. The number of ether oxygens (including phenoxy) is 1. The second-order valence-corrected chi connectivity index (χ2v) is 5.77. The molecular weight excluding hydrogens is 346 g/mol. The maximum atomic E-state index is 12.3. The highest BCUT2D eigenvalue weighted by Gasteiger charge is 2.18. The first-order chi connectivity index (χ1) is 12.6. The van der Waals surface area contributed by atoms with E-state index in [0.29, 0.717) is 17.7 Å². The molecular formula is C17H14F2N4O3. The van der Waals surface area contributed by atoms with Gasteiger partial charge in [0, 0.05) is 30.8 Å². The minimum Gasteiger partial charge on any atom is -0.435 e. The van der Waals surface area contributed by atoms with E-state index in [1.165, 1.54) is 24.3 Å². The van der Waals surface area contributed by atoms with Crippen molar-refractivity contribution in [1.29, 1.82) is 0 Å². The fourth-order valence-electron chi connectivity index (χ4n) is 2.82. The maximum Gasteiger partial charge on any atom is 0.387 e. The van der Waals surface area contributed by atoms with E-state index >= 15 is 0 Å². The molecule has 0 saturated carbocycles. The number of nitrogens with zero attached hydrogens (tertiary/aromatic N) is 2. The van der Waals surface area contributed by atoms with E-state index in [-0.39, 0.29) is 23.0 Å². The lowest BCUT2D eigenvalue weighted by atomic mass is 10.0. The smallest absolute Gasteiger partial charge is 0.387 e. The first-order valence-corrected chi connectivity index (χ1v) is 7.95. The van der Waals surface area contributed by atoms with Crippen LogP contribution < -0.4 is 15.6 Å². The van der Waals surface area contributed by atoms with Gasteiger partial charge in [-0.05, 0) is 35.9 Å². The molecule has 0 bridgehead atoms. The van der Waals surface area contributed by atoms with E-state index in [2.05, 4.69) is 25.2 Å². The second kappa shape index (κ2) is 6.68. The van der Waals surface area contributed by atoms with Crippen molar-refractivity contribution in [2.75, 3.05) is 6.54 Å². The second-order valence-electron chi connectivity index (χ2n) is 5.77. The number of benzene rings is 1. The summed E-state index contributed by atoms with van der Waals surface area (Å²) in [6.45, 7) is -1.41. The van der Waals surface area contributed by atoms with Gasteiger partial charge < -0.3 is 19.6 Å². The third-order valence-corrected chi connectivity index (χ3v) is 4.08. The summed E-state index contributed by atoms with van der Waals surface area (Å²) in [5.41, 5.74) is 2.47. The molecule has 1 aliphatic rings. The Morgan fingerprint density at radius 1 is 1.23 bits per heavy atom. The molecule has 134 valence electrons. The third kappa shape index (κ3) is 3.21. The van der Waals surface area contributed by atoms with Crippen LogP contribution in [0.3, 0.4) is 0 Å². The fourth-order valence-corrected chi connectivity index (χ4v) is 2.82. The lowest BCUT2D eigenvalue weighted by molar-refractivity contribution is -0.0498. The molecule has 0 atom stereocenters. The lowest BCUT2D eigenvalue weighted by Crippen LogP contribution is -2.27. The summed E-state index contributed by atoms with van der Waals surface area (Å²) in [5, 5.41) is 7.10. The molecule has 1 aliphatic heterocycles. The van der Waals surface area contributed by atoms with Crippen LogP contribution in [0.4, 0.5) is 8.78 Å². The molecule has 0 saturated heterocycles. The largest absolute Gasteiger partial charge is 0.435 e. The zero-order valence-electron chi connectivity index (χ0n) is 13.5. The molecule has 7 nitrogen and oxygen atoms in total. The molecule has 0 radical (unpaired) electrons. The topological polar surface area (TPSA) is 93.0 Å². The van der Waals surface area contributed by atoms with E-state index in [9.17, 15) is 13.6 Å². The summed E-state index contributed by atoms with van der Waals surface area (Å²) in [6, 6.07) is 7.56. The first-order valence-electron chi connectivity index (χ1n) is 7.95. The normalized spacial score (nSPS) is 13.7. The van der Waals surface area contributed by atoms with Gasteiger partial charge in [-0.3, -0.25) is 4.79 Å². The van der Waals surface area contributed by atoms with Gasteiger partial charge in [0.15, 0.2) is 0 Å². The Hall–Kier alpha value is -3.07. The van der Waals surface area contributed by atoms with Gasteiger partial charge in [0.25, 0.3) is 11.4 Å². The molecule has 4 rings (SSSR count). The van der Waals surface area contributed by atoms with Gasteiger partial charge in [-0.15, -0.1) is 0 Å². The molecule has 3 aromatic rings. The average Bonchev–Trinajstić information content (AvgIpc) is 3.11. The minimum absolute atomic E-state index is 0.0297. The fraction of sp³-hybridized carbons (Fsp3) is 0.235. The zero-order chi connectivity index (χ0) is 18.1. The lowest BCUT2D eigenvalue weighted by Gasteiger charge is -2.16. The van der Waals surface area contributed by atoms with Crippen LogP contribution in [0.2, 0.25) is 0 Å². The highest BCUT2D eigenvalue weighted by atomic mass is 19.3. The van der Waals surface area contributed by atoms with E-state index < -0.39 is 6.61 Å². The third-order valence-electron chi connectivity index (χ3n) is 4.08. The predicted molar refractivity (Wildman–Crippen MR) is 87.8 cm³/mol. The Kier molecular flexibility index (Phi) is 4.21. The molecule has 0 spiro atoms. The molecule has 2 N–H and O–H groups in total. The van der Waals surface area contributed by atoms with Gasteiger partial charge in [-0.25, -0.2) is 0 Å². The quantitative estimate of drug-likeness (QED) is 0.742. The van der Waals surface area contributed by atoms with Crippen LogP contribution in [0.15, 0.2) is 39.6 Å². The number of fused-ring (bicyclic) bond motifs is 1. The number of aromatic nitrogens is 3. The molecule has 2 aromatic heterocycles. The summed E-state index contributed by atoms with van der Waals surface area (Å²) >= 11 is 0. The van der Waals surface area contributed by atoms with Gasteiger partial charge in [0.2, 0.25) is 5.82 Å².